The first kappa shape index (κ1) is 12.6. The molecule has 0 spiro atoms. The van der Waals surface area contributed by atoms with E-state index in [2.05, 4.69) is 40.4 Å². The minimum atomic E-state index is 0.725. The van der Waals surface area contributed by atoms with Gasteiger partial charge in [-0.15, -0.1) is 11.3 Å². The van der Waals surface area contributed by atoms with E-state index in [0.717, 1.165) is 12.0 Å². The van der Waals surface area contributed by atoms with Crippen molar-refractivity contribution in [1.82, 2.24) is 5.32 Å². The number of halogens is 1. The van der Waals surface area contributed by atoms with Crippen LogP contribution in [0.3, 0.4) is 0 Å². The van der Waals surface area contributed by atoms with Crippen molar-refractivity contribution in [1.29, 1.82) is 0 Å². The van der Waals surface area contributed by atoms with Gasteiger partial charge in [0, 0.05) is 10.9 Å². The lowest BCUT2D eigenvalue weighted by molar-refractivity contribution is 0.352. The van der Waals surface area contributed by atoms with Crippen molar-refractivity contribution < 1.29 is 0 Å². The molecule has 0 saturated heterocycles. The monoisotopic (exact) mass is 301 g/mol. The lowest BCUT2D eigenvalue weighted by Gasteiger charge is -2.24. The Morgan fingerprint density at radius 1 is 1.31 bits per heavy atom. The van der Waals surface area contributed by atoms with Crippen molar-refractivity contribution in [3.05, 3.63) is 20.8 Å². The summed E-state index contributed by atoms with van der Waals surface area (Å²) in [4.78, 5) is 1.53. The second-order valence-corrected chi connectivity index (χ2v) is 7.25. The summed E-state index contributed by atoms with van der Waals surface area (Å²) in [6.45, 7) is 0. The molecule has 3 heteroatoms. The third-order valence-corrected chi connectivity index (χ3v) is 5.27. The van der Waals surface area contributed by atoms with Crippen LogP contribution in [0.5, 0.6) is 0 Å². The van der Waals surface area contributed by atoms with Crippen molar-refractivity contribution in [3.63, 3.8) is 0 Å². The van der Waals surface area contributed by atoms with Crippen LogP contribution in [0.15, 0.2) is 15.9 Å². The molecule has 1 heterocycles. The molecule has 1 saturated carbocycles. The first-order chi connectivity index (χ1) is 7.79. The maximum Gasteiger partial charge on any atom is 0.0701 e. The van der Waals surface area contributed by atoms with Crippen molar-refractivity contribution in [2.45, 2.75) is 44.6 Å². The second kappa shape index (κ2) is 6.18. The highest BCUT2D eigenvalue weighted by Crippen LogP contribution is 2.30. The molecule has 1 aromatic heterocycles. The van der Waals surface area contributed by atoms with Gasteiger partial charge in [0.2, 0.25) is 0 Å². The fourth-order valence-corrected chi connectivity index (χ4v) is 4.30. The number of thiophene rings is 1. The van der Waals surface area contributed by atoms with Gasteiger partial charge in [0.15, 0.2) is 0 Å². The quantitative estimate of drug-likeness (QED) is 0.824. The summed E-state index contributed by atoms with van der Waals surface area (Å²) < 4.78 is 1.26. The molecule has 1 aromatic rings. The van der Waals surface area contributed by atoms with Gasteiger partial charge in [-0.05, 0) is 60.3 Å². The zero-order chi connectivity index (χ0) is 11.4. The molecule has 1 fully saturated rings. The summed E-state index contributed by atoms with van der Waals surface area (Å²) in [5, 5.41) is 3.51. The molecule has 16 heavy (non-hydrogen) atoms. The van der Waals surface area contributed by atoms with Gasteiger partial charge in [-0.3, -0.25) is 0 Å². The Morgan fingerprint density at radius 3 is 2.81 bits per heavy atom. The van der Waals surface area contributed by atoms with Gasteiger partial charge in [0.05, 0.1) is 3.79 Å². The minimum absolute atomic E-state index is 0.725. The van der Waals surface area contributed by atoms with Gasteiger partial charge in [-0.25, -0.2) is 0 Å². The van der Waals surface area contributed by atoms with Crippen LogP contribution < -0.4 is 5.32 Å². The smallest absolute Gasteiger partial charge is 0.0701 e. The lowest BCUT2D eigenvalue weighted by Crippen LogP contribution is -2.33. The highest BCUT2D eigenvalue weighted by atomic mass is 79.9. The van der Waals surface area contributed by atoms with Crippen molar-refractivity contribution in [2.24, 2.45) is 5.92 Å². The maximum atomic E-state index is 3.55. The summed E-state index contributed by atoms with van der Waals surface area (Å²) in [7, 11) is 2.12. The zero-order valence-electron chi connectivity index (χ0n) is 9.84. The predicted molar refractivity (Wildman–Crippen MR) is 75.1 cm³/mol. The lowest BCUT2D eigenvalue weighted by atomic mass is 9.91. The topological polar surface area (TPSA) is 12.0 Å². The number of hydrogen-bond acceptors (Lipinski definition) is 2. The Bertz CT molecular complexity index is 323. The summed E-state index contributed by atoms with van der Waals surface area (Å²) in [5.41, 5.74) is 0. The van der Waals surface area contributed by atoms with Gasteiger partial charge in [-0.2, -0.15) is 0 Å². The highest BCUT2D eigenvalue weighted by Gasteiger charge is 2.22. The Balaban J connectivity index is 1.99. The van der Waals surface area contributed by atoms with Crippen LogP contribution in [-0.4, -0.2) is 13.1 Å². The molecule has 2 rings (SSSR count). The van der Waals surface area contributed by atoms with E-state index in [0.29, 0.717) is 0 Å². The largest absolute Gasteiger partial charge is 0.317 e. The molecule has 1 N–H and O–H groups in total. The third kappa shape index (κ3) is 3.31. The van der Waals surface area contributed by atoms with Crippen molar-refractivity contribution in [2.75, 3.05) is 7.05 Å². The molecule has 1 nitrogen and oxygen atoms in total. The van der Waals surface area contributed by atoms with E-state index in [1.54, 1.807) is 0 Å². The van der Waals surface area contributed by atoms with E-state index >= 15 is 0 Å². The first-order valence-electron chi connectivity index (χ1n) is 6.21. The van der Waals surface area contributed by atoms with E-state index in [4.69, 9.17) is 0 Å². The summed E-state index contributed by atoms with van der Waals surface area (Å²) >= 11 is 5.44. The Kier molecular flexibility index (Phi) is 4.86. The molecule has 0 aromatic carbocycles. The van der Waals surface area contributed by atoms with Crippen LogP contribution in [0.4, 0.5) is 0 Å². The fourth-order valence-electron chi connectivity index (χ4n) is 2.73. The highest BCUT2D eigenvalue weighted by molar-refractivity contribution is 9.11. The maximum absolute atomic E-state index is 3.55. The SMILES string of the molecule is CNC1CCCCCC1Cc1ccc(Br)s1. The number of nitrogens with one attached hydrogen (secondary N) is 1. The Labute approximate surface area is 111 Å². The normalized spacial score (nSPS) is 26.6. The van der Waals surface area contributed by atoms with E-state index in [-0.39, 0.29) is 0 Å². The van der Waals surface area contributed by atoms with E-state index in [9.17, 15) is 0 Å². The van der Waals surface area contributed by atoms with E-state index < -0.39 is 0 Å². The minimum Gasteiger partial charge on any atom is -0.317 e. The average molecular weight is 302 g/mol. The summed E-state index contributed by atoms with van der Waals surface area (Å²) in [6.07, 6.45) is 8.23. The van der Waals surface area contributed by atoms with E-state index in [1.165, 1.54) is 47.2 Å². The summed E-state index contributed by atoms with van der Waals surface area (Å²) in [6, 6.07) is 5.17. The molecule has 1 aliphatic carbocycles. The first-order valence-corrected chi connectivity index (χ1v) is 7.82. The van der Waals surface area contributed by atoms with Gasteiger partial charge in [0.25, 0.3) is 0 Å². The Hall–Kier alpha value is 0.140. The van der Waals surface area contributed by atoms with Gasteiger partial charge < -0.3 is 5.32 Å². The molecule has 90 valence electrons. The number of rotatable bonds is 3. The van der Waals surface area contributed by atoms with Crippen LogP contribution in [-0.2, 0) is 6.42 Å². The fraction of sp³-hybridized carbons (Fsp3) is 0.692. The molecule has 0 radical (unpaired) electrons. The van der Waals surface area contributed by atoms with Crippen molar-refractivity contribution >= 4 is 27.3 Å². The molecular formula is C13H20BrNS. The second-order valence-electron chi connectivity index (χ2n) is 4.70. The molecular weight excluding hydrogens is 282 g/mol. The standard InChI is InChI=1S/C13H20BrNS/c1-15-12-6-4-2-3-5-10(12)9-11-7-8-13(14)16-11/h7-8,10,12,15H,2-6,9H2,1H3. The Morgan fingerprint density at radius 2 is 2.12 bits per heavy atom. The number of hydrogen-bond donors (Lipinski definition) is 1. The van der Waals surface area contributed by atoms with Crippen LogP contribution in [0.2, 0.25) is 0 Å². The molecule has 1 aliphatic rings. The van der Waals surface area contributed by atoms with Crippen LogP contribution in [0.1, 0.15) is 37.0 Å². The summed E-state index contributed by atoms with van der Waals surface area (Å²) in [5.74, 6) is 0.832. The molecule has 0 aliphatic heterocycles. The van der Waals surface area contributed by atoms with Crippen molar-refractivity contribution in [3.8, 4) is 0 Å². The molecule has 2 atom stereocenters. The van der Waals surface area contributed by atoms with Gasteiger partial charge in [0.1, 0.15) is 0 Å². The average Bonchev–Trinajstić information content (AvgIpc) is 2.56. The van der Waals surface area contributed by atoms with E-state index in [1.807, 2.05) is 11.3 Å². The predicted octanol–water partition coefficient (Wildman–Crippen LogP) is 4.22. The van der Waals surface area contributed by atoms with Crippen LogP contribution >= 0.6 is 27.3 Å². The molecule has 0 bridgehead atoms. The van der Waals surface area contributed by atoms with Gasteiger partial charge in [-0.1, -0.05) is 19.3 Å². The molecule has 0 amide bonds. The van der Waals surface area contributed by atoms with Crippen LogP contribution in [0.25, 0.3) is 0 Å². The third-order valence-electron chi connectivity index (χ3n) is 3.62. The van der Waals surface area contributed by atoms with Gasteiger partial charge >= 0.3 is 0 Å². The molecule has 2 unspecified atom stereocenters. The van der Waals surface area contributed by atoms with Crippen LogP contribution in [0, 0.1) is 5.92 Å². The zero-order valence-corrected chi connectivity index (χ0v) is 12.2.